The number of benzene rings is 2. The van der Waals surface area contributed by atoms with Crippen molar-refractivity contribution in [3.8, 4) is 0 Å². The molecule has 4 rings (SSSR count). The number of carbonyl (C=O) groups excluding carboxylic acids is 5. The fourth-order valence-electron chi connectivity index (χ4n) is 4.59. The van der Waals surface area contributed by atoms with E-state index in [1.54, 1.807) is 30.9 Å². The van der Waals surface area contributed by atoms with Crippen LogP contribution in [-0.4, -0.2) is 48.3 Å². The number of methoxy groups -OCH3 is 1. The molecule has 0 unspecified atom stereocenters. The first kappa shape index (κ1) is 30.5. The number of hydrogen-bond acceptors (Lipinski definition) is 8. The molecule has 1 aliphatic heterocycles. The van der Waals surface area contributed by atoms with Crippen molar-refractivity contribution in [1.82, 2.24) is 10.2 Å². The Kier molecular flexibility index (Phi) is 9.56. The third-order valence-corrected chi connectivity index (χ3v) is 6.75. The number of esters is 2. The molecule has 2 N–H and O–H groups in total. The van der Waals surface area contributed by atoms with Gasteiger partial charge in [-0.1, -0.05) is 30.3 Å². The van der Waals surface area contributed by atoms with E-state index in [-0.39, 0.29) is 42.0 Å². The summed E-state index contributed by atoms with van der Waals surface area (Å²) in [7, 11) is 1.25. The number of allylic oxidation sites excluding steroid dienone is 1. The Morgan fingerprint density at radius 3 is 2.30 bits per heavy atom. The molecule has 2 heterocycles. The molecule has 0 saturated heterocycles. The highest BCUT2D eigenvalue weighted by Gasteiger charge is 2.39. The maximum absolute atomic E-state index is 13.5. The van der Waals surface area contributed by atoms with Crippen LogP contribution in [0, 0.1) is 0 Å². The van der Waals surface area contributed by atoms with Gasteiger partial charge in [0.15, 0.2) is 0 Å². The SMILES string of the molecule is CCOC(=O)c1ccc(NC(=O)C(=O)NCc2ccc(/C=C3/C(=O)N([C@H](C)c4ccccc4)C(C)=C3C(=O)OC)o2)cc1. The smallest absolute Gasteiger partial charge is 0.340 e. The minimum absolute atomic E-state index is 0.110. The average molecular weight is 586 g/mol. The summed E-state index contributed by atoms with van der Waals surface area (Å²) in [6.45, 7) is 5.38. The third kappa shape index (κ3) is 6.89. The molecule has 0 spiro atoms. The molecule has 0 fully saturated rings. The minimum atomic E-state index is -0.912. The molecule has 2 aromatic carbocycles. The van der Waals surface area contributed by atoms with Crippen molar-refractivity contribution < 1.29 is 37.9 Å². The van der Waals surface area contributed by atoms with Crippen molar-refractivity contribution in [2.24, 2.45) is 0 Å². The van der Waals surface area contributed by atoms with Gasteiger partial charge in [0.25, 0.3) is 5.91 Å². The van der Waals surface area contributed by atoms with Crippen molar-refractivity contribution in [2.45, 2.75) is 33.4 Å². The van der Waals surface area contributed by atoms with Gasteiger partial charge in [-0.05, 0) is 68.8 Å². The Hall–Kier alpha value is -5.45. The van der Waals surface area contributed by atoms with Gasteiger partial charge in [-0.25, -0.2) is 9.59 Å². The van der Waals surface area contributed by atoms with Crippen molar-refractivity contribution in [2.75, 3.05) is 19.0 Å². The average Bonchev–Trinajstić information content (AvgIpc) is 3.56. The number of nitrogens with one attached hydrogen (secondary N) is 2. The molecule has 0 aliphatic carbocycles. The number of ether oxygens (including phenoxy) is 2. The predicted molar refractivity (Wildman–Crippen MR) is 156 cm³/mol. The fraction of sp³-hybridized carbons (Fsp3) is 0.219. The van der Waals surface area contributed by atoms with E-state index >= 15 is 0 Å². The Morgan fingerprint density at radius 1 is 0.953 bits per heavy atom. The van der Waals surface area contributed by atoms with E-state index in [1.807, 2.05) is 37.3 Å². The number of hydrogen-bond donors (Lipinski definition) is 2. The number of nitrogens with zero attached hydrogens (tertiary/aromatic N) is 1. The summed E-state index contributed by atoms with van der Waals surface area (Å²) in [4.78, 5) is 64.2. The normalized spacial score (nSPS) is 14.5. The molecule has 0 bridgehead atoms. The van der Waals surface area contributed by atoms with E-state index in [0.29, 0.717) is 22.7 Å². The molecular weight excluding hydrogens is 554 g/mol. The van der Waals surface area contributed by atoms with Gasteiger partial charge in [-0.2, -0.15) is 0 Å². The summed E-state index contributed by atoms with van der Waals surface area (Å²) in [5.74, 6) is -2.77. The van der Waals surface area contributed by atoms with Crippen LogP contribution in [0.3, 0.4) is 0 Å². The van der Waals surface area contributed by atoms with Crippen LogP contribution in [0.15, 0.2) is 88.0 Å². The van der Waals surface area contributed by atoms with Crippen LogP contribution in [0.2, 0.25) is 0 Å². The Bertz CT molecular complexity index is 1600. The highest BCUT2D eigenvalue weighted by Crippen LogP contribution is 2.37. The number of anilines is 1. The Labute approximate surface area is 248 Å². The van der Waals surface area contributed by atoms with E-state index in [9.17, 15) is 24.0 Å². The standard InChI is InChI=1S/C32H31N3O8/c1-5-42-31(39)22-11-13-23(14-12-22)34-29(37)28(36)33-18-25-16-15-24(43-25)17-26-27(32(40)41-4)20(3)35(30(26)38)19(2)21-9-7-6-8-10-21/h6-17,19H,5,18H2,1-4H3,(H,33,36)(H,34,37)/b26-17+/t19-/m1/s1. The quantitative estimate of drug-likeness (QED) is 0.217. The summed E-state index contributed by atoms with van der Waals surface area (Å²) in [6.07, 6.45) is 1.45. The molecule has 1 aliphatic rings. The zero-order valence-corrected chi connectivity index (χ0v) is 24.1. The predicted octanol–water partition coefficient (Wildman–Crippen LogP) is 4.15. The summed E-state index contributed by atoms with van der Waals surface area (Å²) < 4.78 is 15.6. The van der Waals surface area contributed by atoms with Gasteiger partial charge >= 0.3 is 23.8 Å². The van der Waals surface area contributed by atoms with Crippen LogP contribution in [0.1, 0.15) is 54.3 Å². The van der Waals surface area contributed by atoms with Crippen molar-refractivity contribution in [3.05, 3.63) is 106 Å². The van der Waals surface area contributed by atoms with Gasteiger partial charge in [-0.15, -0.1) is 0 Å². The summed E-state index contributed by atoms with van der Waals surface area (Å²) >= 11 is 0. The molecule has 3 aromatic rings. The van der Waals surface area contributed by atoms with Gasteiger partial charge in [0.05, 0.1) is 43.0 Å². The van der Waals surface area contributed by atoms with Crippen LogP contribution < -0.4 is 10.6 Å². The maximum Gasteiger partial charge on any atom is 0.340 e. The van der Waals surface area contributed by atoms with Crippen molar-refractivity contribution in [1.29, 1.82) is 0 Å². The lowest BCUT2D eigenvalue weighted by atomic mass is 10.1. The first-order valence-electron chi connectivity index (χ1n) is 13.5. The van der Waals surface area contributed by atoms with E-state index in [0.717, 1.165) is 5.56 Å². The second-order valence-electron chi connectivity index (χ2n) is 9.51. The summed E-state index contributed by atoms with van der Waals surface area (Å²) in [5.41, 5.74) is 2.24. The van der Waals surface area contributed by atoms with E-state index in [4.69, 9.17) is 13.9 Å². The van der Waals surface area contributed by atoms with Crippen LogP contribution in [-0.2, 0) is 35.2 Å². The second-order valence-corrected chi connectivity index (χ2v) is 9.51. The molecule has 222 valence electrons. The molecule has 1 aromatic heterocycles. The molecule has 43 heavy (non-hydrogen) atoms. The fourth-order valence-corrected chi connectivity index (χ4v) is 4.59. The van der Waals surface area contributed by atoms with Crippen LogP contribution in [0.25, 0.3) is 6.08 Å². The largest absolute Gasteiger partial charge is 0.465 e. The van der Waals surface area contributed by atoms with E-state index in [1.165, 1.54) is 37.5 Å². The minimum Gasteiger partial charge on any atom is -0.465 e. The molecular formula is C32H31N3O8. The zero-order chi connectivity index (χ0) is 31.1. The van der Waals surface area contributed by atoms with Crippen molar-refractivity contribution >= 4 is 41.4 Å². The highest BCUT2D eigenvalue weighted by molar-refractivity contribution is 6.39. The first-order valence-corrected chi connectivity index (χ1v) is 13.5. The molecule has 11 heteroatoms. The number of furan rings is 1. The third-order valence-electron chi connectivity index (χ3n) is 6.75. The topological polar surface area (TPSA) is 144 Å². The lowest BCUT2D eigenvalue weighted by molar-refractivity contribution is -0.136. The highest BCUT2D eigenvalue weighted by atomic mass is 16.5. The lowest BCUT2D eigenvalue weighted by Crippen LogP contribution is -2.34. The molecule has 1 atom stereocenters. The van der Waals surface area contributed by atoms with Crippen LogP contribution >= 0.6 is 0 Å². The molecule has 0 saturated carbocycles. The zero-order valence-electron chi connectivity index (χ0n) is 24.1. The monoisotopic (exact) mass is 585 g/mol. The second kappa shape index (κ2) is 13.5. The van der Waals surface area contributed by atoms with Crippen molar-refractivity contribution in [3.63, 3.8) is 0 Å². The summed E-state index contributed by atoms with van der Waals surface area (Å²) in [5, 5.41) is 4.92. The molecule has 3 amide bonds. The molecule has 11 nitrogen and oxygen atoms in total. The van der Waals surface area contributed by atoms with Gasteiger partial charge in [-0.3, -0.25) is 14.4 Å². The van der Waals surface area contributed by atoms with Gasteiger partial charge in [0.2, 0.25) is 0 Å². The maximum atomic E-state index is 13.5. The number of amides is 3. The Balaban J connectivity index is 1.42. The van der Waals surface area contributed by atoms with E-state index < -0.39 is 23.8 Å². The Morgan fingerprint density at radius 2 is 1.65 bits per heavy atom. The first-order chi connectivity index (χ1) is 20.6. The van der Waals surface area contributed by atoms with Crippen LogP contribution in [0.5, 0.6) is 0 Å². The van der Waals surface area contributed by atoms with Gasteiger partial charge in [0.1, 0.15) is 11.5 Å². The van der Waals surface area contributed by atoms with Crippen LogP contribution in [0.4, 0.5) is 5.69 Å². The van der Waals surface area contributed by atoms with Gasteiger partial charge in [0, 0.05) is 11.4 Å². The number of rotatable bonds is 9. The lowest BCUT2D eigenvalue weighted by Gasteiger charge is -2.26. The summed E-state index contributed by atoms with van der Waals surface area (Å²) in [6, 6.07) is 18.2. The number of carbonyl (C=O) groups is 5. The molecule has 0 radical (unpaired) electrons. The van der Waals surface area contributed by atoms with E-state index in [2.05, 4.69) is 10.6 Å². The van der Waals surface area contributed by atoms with Gasteiger partial charge < -0.3 is 29.4 Å².